The quantitative estimate of drug-likeness (QED) is 0.523. The van der Waals surface area contributed by atoms with Crippen LogP contribution in [-0.4, -0.2) is 36.3 Å². The largest absolute Gasteiger partial charge is 0.352 e. The van der Waals surface area contributed by atoms with Gasteiger partial charge >= 0.3 is 5.69 Å². The van der Waals surface area contributed by atoms with E-state index in [2.05, 4.69) is 20.6 Å². The van der Waals surface area contributed by atoms with E-state index in [1.54, 1.807) is 30.5 Å². The van der Waals surface area contributed by atoms with Crippen LogP contribution in [0.5, 0.6) is 0 Å². The molecular weight excluding hydrogens is 391 g/mol. The number of nitrogens with zero attached hydrogens (tertiary/aromatic N) is 5. The molecule has 3 heterocycles. The van der Waals surface area contributed by atoms with Crippen LogP contribution in [0.4, 0.5) is 4.39 Å². The van der Waals surface area contributed by atoms with Gasteiger partial charge in [-0.2, -0.15) is 4.98 Å². The minimum absolute atomic E-state index is 0.000400. The summed E-state index contributed by atoms with van der Waals surface area (Å²) in [5, 5.41) is 11.0. The van der Waals surface area contributed by atoms with E-state index in [-0.39, 0.29) is 35.9 Å². The lowest BCUT2D eigenvalue weighted by Crippen LogP contribution is -2.37. The maximum atomic E-state index is 13.5. The molecule has 30 heavy (non-hydrogen) atoms. The number of pyridine rings is 1. The highest BCUT2D eigenvalue weighted by Crippen LogP contribution is 2.24. The summed E-state index contributed by atoms with van der Waals surface area (Å²) >= 11 is 0. The number of carbonyl (C=O) groups is 1. The molecule has 0 saturated carbocycles. The molecule has 1 unspecified atom stereocenters. The molecule has 1 atom stereocenters. The zero-order valence-corrected chi connectivity index (χ0v) is 16.4. The van der Waals surface area contributed by atoms with Crippen LogP contribution in [0.2, 0.25) is 0 Å². The molecular formula is C20H19FN6O3. The monoisotopic (exact) mass is 410 g/mol. The number of hydrogen-bond donors (Lipinski definition) is 1. The van der Waals surface area contributed by atoms with Crippen molar-refractivity contribution in [1.29, 1.82) is 0 Å². The molecule has 0 bridgehead atoms. The molecule has 3 aromatic heterocycles. The smallest absolute Gasteiger partial charge is 0.350 e. The number of aromatic nitrogens is 5. The van der Waals surface area contributed by atoms with Crippen LogP contribution in [0.3, 0.4) is 0 Å². The zero-order chi connectivity index (χ0) is 21.3. The average Bonchev–Trinajstić information content (AvgIpc) is 3.33. The van der Waals surface area contributed by atoms with Gasteiger partial charge in [-0.25, -0.2) is 18.3 Å². The second-order valence-corrected chi connectivity index (χ2v) is 6.87. The fraction of sp³-hybridized carbons (Fsp3) is 0.250. The third-order valence-electron chi connectivity index (χ3n) is 4.66. The first kappa shape index (κ1) is 19.5. The normalized spacial score (nSPS) is 12.2. The summed E-state index contributed by atoms with van der Waals surface area (Å²) in [6.45, 7) is 3.63. The van der Waals surface area contributed by atoms with E-state index in [1.165, 1.54) is 16.5 Å². The number of amides is 1. The van der Waals surface area contributed by atoms with Crippen molar-refractivity contribution < 1.29 is 13.7 Å². The van der Waals surface area contributed by atoms with E-state index in [9.17, 15) is 14.0 Å². The van der Waals surface area contributed by atoms with Crippen molar-refractivity contribution in [3.63, 3.8) is 0 Å². The SMILES string of the molecule is CCC(C)NC(=O)Cn1nc2c(-c3nc(-c4cccc(F)c4)no3)cccn2c1=O. The lowest BCUT2D eigenvalue weighted by atomic mass is 10.2. The highest BCUT2D eigenvalue weighted by molar-refractivity contribution is 5.76. The van der Waals surface area contributed by atoms with Crippen molar-refractivity contribution >= 4 is 11.6 Å². The van der Waals surface area contributed by atoms with E-state index in [0.717, 1.165) is 11.1 Å². The van der Waals surface area contributed by atoms with E-state index in [0.29, 0.717) is 11.1 Å². The van der Waals surface area contributed by atoms with Gasteiger partial charge in [0, 0.05) is 17.8 Å². The van der Waals surface area contributed by atoms with Gasteiger partial charge in [-0.05, 0) is 37.6 Å². The topological polar surface area (TPSA) is 107 Å². The van der Waals surface area contributed by atoms with Crippen LogP contribution in [0.25, 0.3) is 28.5 Å². The van der Waals surface area contributed by atoms with Gasteiger partial charge in [0.1, 0.15) is 12.4 Å². The third-order valence-corrected chi connectivity index (χ3v) is 4.66. The molecule has 154 valence electrons. The fourth-order valence-electron chi connectivity index (χ4n) is 2.94. The van der Waals surface area contributed by atoms with Crippen molar-refractivity contribution in [2.45, 2.75) is 32.9 Å². The number of halogens is 1. The van der Waals surface area contributed by atoms with Crippen LogP contribution >= 0.6 is 0 Å². The number of benzene rings is 1. The Hall–Kier alpha value is -3.82. The molecule has 1 aromatic carbocycles. The van der Waals surface area contributed by atoms with Crippen LogP contribution < -0.4 is 11.0 Å². The summed E-state index contributed by atoms with van der Waals surface area (Å²) in [6.07, 6.45) is 2.32. The number of nitrogens with one attached hydrogen (secondary N) is 1. The average molecular weight is 410 g/mol. The first-order valence-electron chi connectivity index (χ1n) is 9.44. The minimum atomic E-state index is -0.462. The zero-order valence-electron chi connectivity index (χ0n) is 16.4. The van der Waals surface area contributed by atoms with Crippen molar-refractivity contribution in [3.8, 4) is 22.8 Å². The second-order valence-electron chi connectivity index (χ2n) is 6.87. The highest BCUT2D eigenvalue weighted by Gasteiger charge is 2.19. The molecule has 0 saturated heterocycles. The van der Waals surface area contributed by atoms with E-state index in [4.69, 9.17) is 4.52 Å². The molecule has 1 amide bonds. The summed E-state index contributed by atoms with van der Waals surface area (Å²) in [6, 6.07) is 9.14. The molecule has 10 heteroatoms. The van der Waals surface area contributed by atoms with Gasteiger partial charge in [-0.3, -0.25) is 4.79 Å². The Kier molecular flexibility index (Phi) is 5.13. The van der Waals surface area contributed by atoms with Crippen LogP contribution in [0, 0.1) is 5.82 Å². The van der Waals surface area contributed by atoms with Gasteiger partial charge in [0.05, 0.1) is 5.56 Å². The van der Waals surface area contributed by atoms with Crippen molar-refractivity contribution in [1.82, 2.24) is 29.6 Å². The maximum absolute atomic E-state index is 13.5. The Balaban J connectivity index is 1.69. The predicted octanol–water partition coefficient (Wildman–Crippen LogP) is 2.27. The Morgan fingerprint density at radius 1 is 1.30 bits per heavy atom. The molecule has 0 aliphatic heterocycles. The highest BCUT2D eigenvalue weighted by atomic mass is 19.1. The Morgan fingerprint density at radius 2 is 2.13 bits per heavy atom. The molecule has 0 radical (unpaired) electrons. The maximum Gasteiger partial charge on any atom is 0.350 e. The molecule has 4 rings (SSSR count). The van der Waals surface area contributed by atoms with E-state index < -0.39 is 11.5 Å². The van der Waals surface area contributed by atoms with Crippen LogP contribution in [0.15, 0.2) is 51.9 Å². The summed E-state index contributed by atoms with van der Waals surface area (Å²) in [7, 11) is 0. The summed E-state index contributed by atoms with van der Waals surface area (Å²) in [4.78, 5) is 29.1. The number of fused-ring (bicyclic) bond motifs is 1. The van der Waals surface area contributed by atoms with Gasteiger partial charge in [0.2, 0.25) is 11.7 Å². The molecule has 1 N–H and O–H groups in total. The van der Waals surface area contributed by atoms with Gasteiger partial charge in [0.15, 0.2) is 5.65 Å². The van der Waals surface area contributed by atoms with Gasteiger partial charge in [-0.1, -0.05) is 24.2 Å². The van der Waals surface area contributed by atoms with Gasteiger partial charge in [-0.15, -0.1) is 5.10 Å². The minimum Gasteiger partial charge on any atom is -0.352 e. The van der Waals surface area contributed by atoms with Gasteiger partial charge in [0.25, 0.3) is 5.89 Å². The first-order valence-corrected chi connectivity index (χ1v) is 9.44. The third kappa shape index (κ3) is 3.71. The summed E-state index contributed by atoms with van der Waals surface area (Å²) in [5.41, 5.74) is 0.691. The van der Waals surface area contributed by atoms with Crippen LogP contribution in [-0.2, 0) is 11.3 Å². The molecule has 9 nitrogen and oxygen atoms in total. The van der Waals surface area contributed by atoms with Crippen molar-refractivity contribution in [3.05, 3.63) is 58.9 Å². The Morgan fingerprint density at radius 3 is 2.90 bits per heavy atom. The standard InChI is InChI=1S/C20H19FN6O3/c1-3-12(2)22-16(28)11-27-20(29)26-9-5-8-15(18(26)24-27)19-23-17(25-30-19)13-6-4-7-14(21)10-13/h4-10,12H,3,11H2,1-2H3,(H,22,28). The van der Waals surface area contributed by atoms with E-state index in [1.807, 2.05) is 13.8 Å². The lowest BCUT2D eigenvalue weighted by molar-refractivity contribution is -0.122. The van der Waals surface area contributed by atoms with Gasteiger partial charge < -0.3 is 9.84 Å². The van der Waals surface area contributed by atoms with Crippen molar-refractivity contribution in [2.24, 2.45) is 0 Å². The number of carbonyl (C=O) groups excluding carboxylic acids is 1. The summed E-state index contributed by atoms with van der Waals surface area (Å²) < 4.78 is 21.2. The predicted molar refractivity (Wildman–Crippen MR) is 106 cm³/mol. The molecule has 0 spiro atoms. The molecule has 0 fully saturated rings. The molecule has 0 aliphatic rings. The van der Waals surface area contributed by atoms with Crippen molar-refractivity contribution in [2.75, 3.05) is 0 Å². The first-order chi connectivity index (χ1) is 14.5. The Labute approximate surface area is 170 Å². The lowest BCUT2D eigenvalue weighted by Gasteiger charge is -2.10. The number of hydrogen-bond acceptors (Lipinski definition) is 6. The van der Waals surface area contributed by atoms with E-state index >= 15 is 0 Å². The van der Waals surface area contributed by atoms with Crippen LogP contribution in [0.1, 0.15) is 20.3 Å². The molecule has 4 aromatic rings. The summed E-state index contributed by atoms with van der Waals surface area (Å²) in [5.74, 6) is -0.383. The Bertz CT molecular complexity index is 1280. The molecule has 0 aliphatic carbocycles. The number of rotatable bonds is 6. The second kappa shape index (κ2) is 7.90. The fourth-order valence-corrected chi connectivity index (χ4v) is 2.94.